The Morgan fingerprint density at radius 2 is 1.66 bits per heavy atom. The van der Waals surface area contributed by atoms with Crippen molar-refractivity contribution in [3.8, 4) is 0 Å². The van der Waals surface area contributed by atoms with Crippen LogP contribution in [0.4, 0.5) is 16.2 Å². The van der Waals surface area contributed by atoms with Gasteiger partial charge < -0.3 is 20.4 Å². The van der Waals surface area contributed by atoms with Crippen LogP contribution in [-0.4, -0.2) is 43.5 Å². The maximum absolute atomic E-state index is 13.7. The zero-order valence-corrected chi connectivity index (χ0v) is 20.3. The summed E-state index contributed by atoms with van der Waals surface area (Å²) in [6.45, 7) is 9.19. The second-order valence-corrected chi connectivity index (χ2v) is 8.32. The van der Waals surface area contributed by atoms with Gasteiger partial charge in [0.25, 0.3) is 0 Å². The van der Waals surface area contributed by atoms with E-state index < -0.39 is 0 Å². The van der Waals surface area contributed by atoms with Gasteiger partial charge in [0.05, 0.1) is 5.92 Å². The van der Waals surface area contributed by atoms with E-state index in [2.05, 4.69) is 31.4 Å². The number of amides is 3. The summed E-state index contributed by atoms with van der Waals surface area (Å²) in [7, 11) is 3.98. The molecule has 0 aliphatic carbocycles. The van der Waals surface area contributed by atoms with Crippen LogP contribution in [0.25, 0.3) is 0 Å². The summed E-state index contributed by atoms with van der Waals surface area (Å²) >= 11 is 0. The van der Waals surface area contributed by atoms with Gasteiger partial charge in [0.2, 0.25) is 5.91 Å². The van der Waals surface area contributed by atoms with Crippen LogP contribution >= 0.6 is 0 Å². The van der Waals surface area contributed by atoms with Gasteiger partial charge in [0.1, 0.15) is 0 Å². The van der Waals surface area contributed by atoms with E-state index in [-0.39, 0.29) is 23.9 Å². The van der Waals surface area contributed by atoms with Crippen LogP contribution in [0.2, 0.25) is 0 Å². The molecule has 0 saturated carbocycles. The van der Waals surface area contributed by atoms with Crippen molar-refractivity contribution < 1.29 is 9.59 Å². The number of nitrogens with zero attached hydrogens (tertiary/aromatic N) is 2. The first-order chi connectivity index (χ1) is 15.3. The fraction of sp³-hybridized carbons (Fsp3) is 0.462. The topological polar surface area (TPSA) is 64.7 Å². The minimum atomic E-state index is -0.235. The van der Waals surface area contributed by atoms with Gasteiger partial charge in [-0.3, -0.25) is 4.79 Å². The summed E-state index contributed by atoms with van der Waals surface area (Å²) in [6, 6.07) is 15.7. The van der Waals surface area contributed by atoms with E-state index in [1.165, 1.54) is 0 Å². The monoisotopic (exact) mass is 438 g/mol. The molecule has 6 heteroatoms. The van der Waals surface area contributed by atoms with E-state index >= 15 is 0 Å². The third kappa shape index (κ3) is 6.49. The first kappa shape index (κ1) is 25.2. The number of benzene rings is 2. The van der Waals surface area contributed by atoms with E-state index in [1.54, 1.807) is 0 Å². The van der Waals surface area contributed by atoms with Crippen LogP contribution in [-0.2, 0) is 11.3 Å². The van der Waals surface area contributed by atoms with Crippen LogP contribution in [0.1, 0.15) is 57.6 Å². The Kier molecular flexibility index (Phi) is 9.57. The Balaban J connectivity index is 2.40. The van der Waals surface area contributed by atoms with Crippen LogP contribution in [0.15, 0.2) is 48.5 Å². The van der Waals surface area contributed by atoms with E-state index in [0.29, 0.717) is 18.8 Å². The molecule has 2 N–H and O–H groups in total. The Labute approximate surface area is 193 Å². The smallest absolute Gasteiger partial charge is 0.319 e. The molecule has 0 aliphatic heterocycles. The molecule has 0 radical (unpaired) electrons. The first-order valence-corrected chi connectivity index (χ1v) is 11.5. The minimum absolute atomic E-state index is 0.0929. The molecule has 3 amide bonds. The van der Waals surface area contributed by atoms with Gasteiger partial charge in [-0.1, -0.05) is 44.2 Å². The highest BCUT2D eigenvalue weighted by molar-refractivity contribution is 5.90. The maximum atomic E-state index is 13.7. The van der Waals surface area contributed by atoms with Crippen LogP contribution in [0.3, 0.4) is 0 Å². The van der Waals surface area contributed by atoms with Gasteiger partial charge in [-0.25, -0.2) is 4.79 Å². The summed E-state index contributed by atoms with van der Waals surface area (Å²) in [5.74, 6) is -0.0375. The first-order valence-electron chi connectivity index (χ1n) is 11.5. The maximum Gasteiger partial charge on any atom is 0.319 e. The molecule has 0 unspecified atom stereocenters. The summed E-state index contributed by atoms with van der Waals surface area (Å²) in [4.78, 5) is 29.8. The Bertz CT molecular complexity index is 883. The number of hydrogen-bond donors (Lipinski definition) is 2. The zero-order chi connectivity index (χ0) is 23.7. The average Bonchev–Trinajstić information content (AvgIpc) is 2.78. The lowest BCUT2D eigenvalue weighted by Gasteiger charge is -2.33. The third-order valence-corrected chi connectivity index (χ3v) is 5.81. The number of nitrogens with one attached hydrogen (secondary N) is 2. The highest BCUT2D eigenvalue weighted by Gasteiger charge is 2.28. The molecular weight excluding hydrogens is 400 g/mol. The summed E-state index contributed by atoms with van der Waals surface area (Å²) in [5.41, 5.74) is 3.79. The molecule has 0 bridgehead atoms. The van der Waals surface area contributed by atoms with Gasteiger partial charge >= 0.3 is 6.03 Å². The number of hydrogen-bond acceptors (Lipinski definition) is 3. The fourth-order valence-electron chi connectivity index (χ4n) is 3.86. The summed E-state index contributed by atoms with van der Waals surface area (Å²) in [6.07, 6.45) is 1.61. The van der Waals surface area contributed by atoms with E-state index in [4.69, 9.17) is 0 Å². The Morgan fingerprint density at radius 3 is 2.22 bits per heavy atom. The van der Waals surface area contributed by atoms with Crippen molar-refractivity contribution in [1.82, 2.24) is 10.2 Å². The lowest BCUT2D eigenvalue weighted by atomic mass is 9.94. The molecule has 2 aromatic rings. The number of carbonyl (C=O) groups excluding carboxylic acids is 2. The Hall–Kier alpha value is -3.02. The normalized spacial score (nSPS) is 12.6. The SMILES string of the molecule is CCNC(=O)Nc1ccc(N(C)C)c(CN(C(=O)[C@H](CC)c2ccccc2)[C@H](C)CC)c1. The predicted molar refractivity (Wildman–Crippen MR) is 133 cm³/mol. The van der Waals surface area contributed by atoms with E-state index in [9.17, 15) is 9.59 Å². The zero-order valence-electron chi connectivity index (χ0n) is 20.3. The molecule has 32 heavy (non-hydrogen) atoms. The largest absolute Gasteiger partial charge is 0.377 e. The van der Waals surface area contributed by atoms with E-state index in [0.717, 1.165) is 29.7 Å². The molecule has 2 atom stereocenters. The number of rotatable bonds is 10. The molecule has 0 spiro atoms. The highest BCUT2D eigenvalue weighted by atomic mass is 16.2. The van der Waals surface area contributed by atoms with Gasteiger partial charge in [-0.05, 0) is 56.0 Å². The Morgan fingerprint density at radius 1 is 0.969 bits per heavy atom. The van der Waals surface area contributed by atoms with Crippen LogP contribution in [0.5, 0.6) is 0 Å². The third-order valence-electron chi connectivity index (χ3n) is 5.81. The molecule has 0 fully saturated rings. The van der Waals surface area contributed by atoms with Crippen molar-refractivity contribution in [3.63, 3.8) is 0 Å². The van der Waals surface area contributed by atoms with Crippen molar-refractivity contribution in [3.05, 3.63) is 59.7 Å². The summed E-state index contributed by atoms with van der Waals surface area (Å²) in [5, 5.41) is 5.64. The fourth-order valence-corrected chi connectivity index (χ4v) is 3.86. The second kappa shape index (κ2) is 12.1. The summed E-state index contributed by atoms with van der Waals surface area (Å²) < 4.78 is 0. The van der Waals surface area contributed by atoms with E-state index in [1.807, 2.05) is 79.3 Å². The second-order valence-electron chi connectivity index (χ2n) is 8.32. The van der Waals surface area contributed by atoms with Crippen molar-refractivity contribution in [2.75, 3.05) is 30.9 Å². The molecular formula is C26H38N4O2. The molecule has 0 heterocycles. The highest BCUT2D eigenvalue weighted by Crippen LogP contribution is 2.29. The lowest BCUT2D eigenvalue weighted by molar-refractivity contribution is -0.135. The standard InChI is InChI=1S/C26H38N4O2/c1-7-19(4)30(25(31)23(8-2)20-13-11-10-12-14-20)18-21-17-22(28-26(32)27-9-3)15-16-24(21)29(5)6/h10-17,19,23H,7-9,18H2,1-6H3,(H2,27,28,32)/t19-,23-/m1/s1. The van der Waals surface area contributed by atoms with Gasteiger partial charge in [0.15, 0.2) is 0 Å². The van der Waals surface area contributed by atoms with Crippen molar-refractivity contribution in [2.45, 2.75) is 59.0 Å². The number of anilines is 2. The van der Waals surface area contributed by atoms with Crippen LogP contribution < -0.4 is 15.5 Å². The van der Waals surface area contributed by atoms with Gasteiger partial charge in [0, 0.05) is 44.6 Å². The molecule has 0 saturated heterocycles. The average molecular weight is 439 g/mol. The molecule has 2 rings (SSSR count). The molecule has 0 aliphatic rings. The van der Waals surface area contributed by atoms with Crippen molar-refractivity contribution >= 4 is 23.3 Å². The lowest BCUT2D eigenvalue weighted by Crippen LogP contribution is -2.41. The quantitative estimate of drug-likeness (QED) is 0.535. The van der Waals surface area contributed by atoms with Crippen molar-refractivity contribution in [1.29, 1.82) is 0 Å². The molecule has 6 nitrogen and oxygen atoms in total. The van der Waals surface area contributed by atoms with Crippen molar-refractivity contribution in [2.24, 2.45) is 0 Å². The number of carbonyl (C=O) groups is 2. The van der Waals surface area contributed by atoms with Gasteiger partial charge in [-0.15, -0.1) is 0 Å². The van der Waals surface area contributed by atoms with Crippen LogP contribution in [0, 0.1) is 0 Å². The van der Waals surface area contributed by atoms with Gasteiger partial charge in [-0.2, -0.15) is 0 Å². The molecule has 0 aromatic heterocycles. The minimum Gasteiger partial charge on any atom is -0.377 e. The number of urea groups is 1. The molecule has 2 aromatic carbocycles. The molecule has 174 valence electrons. The predicted octanol–water partition coefficient (Wildman–Crippen LogP) is 5.21.